The van der Waals surface area contributed by atoms with Gasteiger partial charge in [0.25, 0.3) is 0 Å². The molecule has 0 saturated heterocycles. The monoisotopic (exact) mass is 620 g/mol. The number of nitrogens with two attached hydrogens (primary N) is 1. The average molecular weight is 621 g/mol. The van der Waals surface area contributed by atoms with Crippen LogP contribution in [-0.4, -0.2) is 6.54 Å². The Bertz CT molecular complexity index is 2240. The number of fused-ring (bicyclic) bond motifs is 3. The summed E-state index contributed by atoms with van der Waals surface area (Å²) in [4.78, 5) is 2.32. The molecule has 48 heavy (non-hydrogen) atoms. The lowest BCUT2D eigenvalue weighted by Gasteiger charge is -2.31. The Morgan fingerprint density at radius 1 is 0.604 bits per heavy atom. The molecule has 1 unspecified atom stereocenters. The van der Waals surface area contributed by atoms with Gasteiger partial charge < -0.3 is 10.6 Å². The van der Waals surface area contributed by atoms with Crippen LogP contribution in [-0.2, 0) is 11.8 Å². The molecule has 0 spiro atoms. The molecule has 2 N–H and O–H groups in total. The van der Waals surface area contributed by atoms with Gasteiger partial charge >= 0.3 is 0 Å². The molecule has 2 heteroatoms. The van der Waals surface area contributed by atoms with Crippen LogP contribution in [0.5, 0.6) is 0 Å². The van der Waals surface area contributed by atoms with Crippen molar-refractivity contribution in [3.05, 3.63) is 168 Å². The van der Waals surface area contributed by atoms with E-state index in [4.69, 9.17) is 5.73 Å². The average Bonchev–Trinajstić information content (AvgIpc) is 3.13. The lowest BCUT2D eigenvalue weighted by atomic mass is 9.73. The quantitative estimate of drug-likeness (QED) is 0.142. The maximum Gasteiger partial charge on any atom is 0.0644 e. The fraction of sp³-hybridized carbons (Fsp3) is 0.130. The molecule has 0 saturated carbocycles. The van der Waals surface area contributed by atoms with Crippen molar-refractivity contribution in [2.45, 2.75) is 32.1 Å². The van der Waals surface area contributed by atoms with Gasteiger partial charge in [-0.1, -0.05) is 147 Å². The Morgan fingerprint density at radius 3 is 1.71 bits per heavy atom. The minimum absolute atomic E-state index is 0.0357. The van der Waals surface area contributed by atoms with Crippen molar-refractivity contribution in [2.75, 3.05) is 17.2 Å². The largest absolute Gasteiger partial charge is 0.397 e. The Kier molecular flexibility index (Phi) is 7.57. The predicted molar refractivity (Wildman–Crippen MR) is 207 cm³/mol. The first kappa shape index (κ1) is 29.8. The second kappa shape index (κ2) is 12.2. The van der Waals surface area contributed by atoms with E-state index in [-0.39, 0.29) is 5.41 Å². The highest BCUT2D eigenvalue weighted by molar-refractivity contribution is 6.21. The van der Waals surface area contributed by atoms with Gasteiger partial charge in [-0.05, 0) is 97.6 Å². The van der Waals surface area contributed by atoms with Gasteiger partial charge in [-0.2, -0.15) is 0 Å². The molecule has 0 bridgehead atoms. The van der Waals surface area contributed by atoms with Gasteiger partial charge in [0.2, 0.25) is 0 Å². The Balaban J connectivity index is 1.22. The zero-order chi connectivity index (χ0) is 32.7. The molecule has 0 aromatic heterocycles. The summed E-state index contributed by atoms with van der Waals surface area (Å²) in [7, 11) is 0. The van der Waals surface area contributed by atoms with Crippen LogP contribution in [0.4, 0.5) is 17.1 Å². The molecule has 1 aliphatic rings. The van der Waals surface area contributed by atoms with Gasteiger partial charge in [0, 0.05) is 17.6 Å². The normalized spacial score (nSPS) is 15.5. The minimum atomic E-state index is -0.0357. The number of rotatable bonds is 7. The summed E-state index contributed by atoms with van der Waals surface area (Å²) in [5, 5.41) is 5.06. The number of nitrogen functional groups attached to an aromatic ring is 1. The van der Waals surface area contributed by atoms with E-state index in [2.05, 4.69) is 164 Å². The molecular weight excluding hydrogens is 581 g/mol. The molecular formula is C46H40N2. The van der Waals surface area contributed by atoms with Crippen LogP contribution < -0.4 is 10.6 Å². The molecule has 0 heterocycles. The fourth-order valence-electron chi connectivity index (χ4n) is 7.71. The molecule has 234 valence electrons. The molecule has 2 nitrogen and oxygen atoms in total. The van der Waals surface area contributed by atoms with Crippen LogP contribution in [0.1, 0.15) is 37.0 Å². The number of anilines is 3. The van der Waals surface area contributed by atoms with Gasteiger partial charge in [0.1, 0.15) is 0 Å². The molecule has 0 amide bonds. The molecule has 8 rings (SSSR count). The topological polar surface area (TPSA) is 29.3 Å². The van der Waals surface area contributed by atoms with Crippen molar-refractivity contribution < 1.29 is 0 Å². The summed E-state index contributed by atoms with van der Waals surface area (Å²) < 4.78 is 0. The lowest BCUT2D eigenvalue weighted by molar-refractivity contribution is 0.587. The Morgan fingerprint density at radius 2 is 1.12 bits per heavy atom. The zero-order valence-corrected chi connectivity index (χ0v) is 27.7. The number of hydrogen-bond acceptors (Lipinski definition) is 2. The zero-order valence-electron chi connectivity index (χ0n) is 27.7. The molecule has 7 aromatic carbocycles. The highest BCUT2D eigenvalue weighted by Crippen LogP contribution is 2.45. The maximum atomic E-state index is 6.42. The van der Waals surface area contributed by atoms with Crippen molar-refractivity contribution in [2.24, 2.45) is 0 Å². The second-order valence-corrected chi connectivity index (χ2v) is 13.3. The van der Waals surface area contributed by atoms with Crippen LogP contribution in [0.3, 0.4) is 0 Å². The van der Waals surface area contributed by atoms with Gasteiger partial charge in [-0.15, -0.1) is 0 Å². The van der Waals surface area contributed by atoms with Crippen LogP contribution in [0.25, 0.3) is 49.9 Å². The van der Waals surface area contributed by atoms with E-state index in [1.165, 1.54) is 60.5 Å². The van der Waals surface area contributed by atoms with E-state index in [0.717, 1.165) is 36.4 Å². The molecule has 0 aliphatic heterocycles. The fourth-order valence-corrected chi connectivity index (χ4v) is 7.71. The highest BCUT2D eigenvalue weighted by atomic mass is 15.1. The summed E-state index contributed by atoms with van der Waals surface area (Å²) >= 11 is 0. The van der Waals surface area contributed by atoms with Gasteiger partial charge in [-0.25, -0.2) is 0 Å². The SMILES string of the molecule is CCCN(c1ccc(-c2c3ccccc3c(-c3ccc(C4(C)C=Cc5ccccc5C4)cc3)c3ccccc23)cc1)c1ccccc1N. The van der Waals surface area contributed by atoms with E-state index < -0.39 is 0 Å². The van der Waals surface area contributed by atoms with Gasteiger partial charge in [-0.3, -0.25) is 0 Å². The number of para-hydroxylation sites is 2. The van der Waals surface area contributed by atoms with Crippen LogP contribution in [0.2, 0.25) is 0 Å². The first-order valence-electron chi connectivity index (χ1n) is 17.1. The van der Waals surface area contributed by atoms with Crippen molar-refractivity contribution in [1.29, 1.82) is 0 Å². The lowest BCUT2D eigenvalue weighted by Crippen LogP contribution is -2.24. The first-order valence-corrected chi connectivity index (χ1v) is 17.1. The van der Waals surface area contributed by atoms with Crippen molar-refractivity contribution in [1.82, 2.24) is 0 Å². The van der Waals surface area contributed by atoms with Crippen LogP contribution in [0.15, 0.2) is 152 Å². The number of hydrogen-bond donors (Lipinski definition) is 1. The summed E-state index contributed by atoms with van der Waals surface area (Å²) in [5.41, 5.74) is 18.5. The third-order valence-electron chi connectivity index (χ3n) is 10.2. The summed E-state index contributed by atoms with van der Waals surface area (Å²) in [6.07, 6.45) is 6.70. The van der Waals surface area contributed by atoms with E-state index in [1.54, 1.807) is 0 Å². The van der Waals surface area contributed by atoms with E-state index in [1.807, 2.05) is 12.1 Å². The Hall–Kier alpha value is -5.60. The maximum absolute atomic E-state index is 6.42. The summed E-state index contributed by atoms with van der Waals surface area (Å²) in [6, 6.07) is 53.0. The van der Waals surface area contributed by atoms with Crippen molar-refractivity contribution in [3.63, 3.8) is 0 Å². The third-order valence-corrected chi connectivity index (χ3v) is 10.2. The van der Waals surface area contributed by atoms with E-state index in [0.29, 0.717) is 0 Å². The molecule has 0 fully saturated rings. The van der Waals surface area contributed by atoms with Gasteiger partial charge in [0.15, 0.2) is 0 Å². The highest BCUT2D eigenvalue weighted by Gasteiger charge is 2.28. The predicted octanol–water partition coefficient (Wildman–Crippen LogP) is 12.0. The molecule has 7 aromatic rings. The van der Waals surface area contributed by atoms with Crippen LogP contribution in [0, 0.1) is 0 Å². The van der Waals surface area contributed by atoms with Crippen molar-refractivity contribution >= 4 is 44.7 Å². The first-order chi connectivity index (χ1) is 23.5. The molecule has 1 atom stereocenters. The van der Waals surface area contributed by atoms with E-state index in [9.17, 15) is 0 Å². The third kappa shape index (κ3) is 5.15. The Labute approximate surface area is 283 Å². The second-order valence-electron chi connectivity index (χ2n) is 13.3. The van der Waals surface area contributed by atoms with Gasteiger partial charge in [0.05, 0.1) is 11.4 Å². The van der Waals surface area contributed by atoms with Crippen LogP contribution >= 0.6 is 0 Å². The number of nitrogens with zero attached hydrogens (tertiary/aromatic N) is 1. The van der Waals surface area contributed by atoms with E-state index >= 15 is 0 Å². The number of allylic oxidation sites excluding steroid dienone is 1. The molecule has 1 aliphatic carbocycles. The standard InChI is InChI=1S/C46H40N2/c1-3-30-48(43-19-11-10-18-42(43)47)37-26-22-34(23-27-37)45-40-16-8-6-14-38(40)44(39-15-7-9-17-41(39)45)33-20-24-36(25-21-33)46(2)29-28-32-12-4-5-13-35(32)31-46/h4-29H,3,30-31,47H2,1-2H3. The van der Waals surface area contributed by atoms with Crippen molar-refractivity contribution in [3.8, 4) is 22.3 Å². The summed E-state index contributed by atoms with van der Waals surface area (Å²) in [5.74, 6) is 0. The molecule has 0 radical (unpaired) electrons. The minimum Gasteiger partial charge on any atom is -0.397 e. The summed E-state index contributed by atoms with van der Waals surface area (Å²) in [6.45, 7) is 5.46. The number of benzene rings is 7. The smallest absolute Gasteiger partial charge is 0.0644 e.